The summed E-state index contributed by atoms with van der Waals surface area (Å²) in [6.07, 6.45) is -4.29. The molecule has 11 heteroatoms. The van der Waals surface area contributed by atoms with Crippen molar-refractivity contribution >= 4 is 21.5 Å². The van der Waals surface area contributed by atoms with E-state index in [0.717, 1.165) is 11.8 Å². The van der Waals surface area contributed by atoms with Crippen LogP contribution < -0.4 is 10.1 Å². The summed E-state index contributed by atoms with van der Waals surface area (Å²) in [5.41, 5.74) is 0.200. The molecule has 34 heavy (non-hydrogen) atoms. The maximum absolute atomic E-state index is 13.5. The largest absolute Gasteiger partial charge is 0.471 e. The lowest BCUT2D eigenvalue weighted by Crippen LogP contribution is -2.30. The highest BCUT2D eigenvalue weighted by Gasteiger charge is 2.37. The monoisotopic (exact) mass is 495 g/mol. The van der Waals surface area contributed by atoms with E-state index >= 15 is 0 Å². The highest BCUT2D eigenvalue weighted by atomic mass is 32.2. The smallest absolute Gasteiger partial charge is 0.423 e. The lowest BCUT2D eigenvalue weighted by atomic mass is 10.2. The predicted octanol–water partition coefficient (Wildman–Crippen LogP) is 5.02. The summed E-state index contributed by atoms with van der Waals surface area (Å²) in [5, 5.41) is 2.76. The summed E-state index contributed by atoms with van der Waals surface area (Å²) in [6, 6.07) is 15.0. The van der Waals surface area contributed by atoms with Crippen molar-refractivity contribution in [1.29, 1.82) is 0 Å². The number of nitrogens with one attached hydrogen (secondary N) is 1. The number of anilines is 2. The Hall–Kier alpha value is -3.18. The normalized spacial score (nSPS) is 13.8. The molecule has 0 fully saturated rings. The van der Waals surface area contributed by atoms with Crippen LogP contribution >= 0.6 is 0 Å². The number of sulfone groups is 1. The molecule has 0 saturated heterocycles. The third-order valence-corrected chi connectivity index (χ3v) is 6.04. The quantitative estimate of drug-likeness (QED) is 0.446. The van der Waals surface area contributed by atoms with Crippen LogP contribution in [0.25, 0.3) is 0 Å². The van der Waals surface area contributed by atoms with Gasteiger partial charge in [0.15, 0.2) is 9.84 Å². The second-order valence-electron chi connectivity index (χ2n) is 7.66. The number of ether oxygens (including phenoxy) is 2. The molecule has 1 aromatic heterocycles. The van der Waals surface area contributed by atoms with Crippen molar-refractivity contribution in [1.82, 2.24) is 9.97 Å². The zero-order valence-electron chi connectivity index (χ0n) is 18.7. The Morgan fingerprint density at radius 2 is 1.65 bits per heavy atom. The van der Waals surface area contributed by atoms with Crippen LogP contribution in [0.2, 0.25) is 0 Å². The minimum atomic E-state index is -4.72. The van der Waals surface area contributed by atoms with Crippen molar-refractivity contribution in [3.8, 4) is 5.88 Å². The van der Waals surface area contributed by atoms with E-state index in [4.69, 9.17) is 9.47 Å². The number of aromatic nitrogens is 2. The van der Waals surface area contributed by atoms with E-state index in [1.54, 1.807) is 13.8 Å². The standard InChI is InChI=1S/C23H24F3N3O4S/c1-15(32-14-17-7-5-4-6-8-17)16(2)33-21-20(23(24,25)26)13-27-22(29-21)28-18-9-11-19(12-10-18)34(3,30)31/h4-13,15-16H,14H2,1-3H3,(H,27,28,29). The summed E-state index contributed by atoms with van der Waals surface area (Å²) in [7, 11) is -3.38. The molecule has 7 nitrogen and oxygen atoms in total. The van der Waals surface area contributed by atoms with E-state index in [9.17, 15) is 21.6 Å². The summed E-state index contributed by atoms with van der Waals surface area (Å²) in [5.74, 6) is -0.777. The molecule has 3 rings (SSSR count). The number of nitrogens with zero attached hydrogens (tertiary/aromatic N) is 2. The zero-order chi connectivity index (χ0) is 24.9. The Morgan fingerprint density at radius 1 is 1.00 bits per heavy atom. The van der Waals surface area contributed by atoms with Crippen molar-refractivity contribution < 1.29 is 31.1 Å². The van der Waals surface area contributed by atoms with Crippen LogP contribution in [0.4, 0.5) is 24.8 Å². The van der Waals surface area contributed by atoms with Gasteiger partial charge in [0.1, 0.15) is 11.7 Å². The van der Waals surface area contributed by atoms with Gasteiger partial charge in [-0.05, 0) is 43.7 Å². The van der Waals surface area contributed by atoms with Crippen LogP contribution in [0.3, 0.4) is 0 Å². The number of rotatable bonds is 9. The highest BCUT2D eigenvalue weighted by Crippen LogP contribution is 2.36. The van der Waals surface area contributed by atoms with Gasteiger partial charge in [0, 0.05) is 18.1 Å². The molecule has 0 aliphatic heterocycles. The fourth-order valence-electron chi connectivity index (χ4n) is 2.83. The number of alkyl halides is 3. The van der Waals surface area contributed by atoms with Crippen molar-refractivity contribution in [2.45, 2.75) is 43.7 Å². The highest BCUT2D eigenvalue weighted by molar-refractivity contribution is 7.90. The summed E-state index contributed by atoms with van der Waals surface area (Å²) in [4.78, 5) is 7.74. The molecule has 0 aliphatic carbocycles. The topological polar surface area (TPSA) is 90.4 Å². The van der Waals surface area contributed by atoms with Gasteiger partial charge in [-0.25, -0.2) is 13.4 Å². The van der Waals surface area contributed by atoms with Gasteiger partial charge < -0.3 is 14.8 Å². The van der Waals surface area contributed by atoms with Gasteiger partial charge in [0.2, 0.25) is 11.8 Å². The van der Waals surface area contributed by atoms with Crippen LogP contribution in [-0.2, 0) is 27.4 Å². The molecular formula is C23H24F3N3O4S. The number of hydrogen-bond acceptors (Lipinski definition) is 7. The van der Waals surface area contributed by atoms with Crippen molar-refractivity contribution in [2.24, 2.45) is 0 Å². The van der Waals surface area contributed by atoms with Gasteiger partial charge in [-0.15, -0.1) is 0 Å². The maximum Gasteiger partial charge on any atom is 0.423 e. The molecule has 182 valence electrons. The van der Waals surface area contributed by atoms with Crippen molar-refractivity contribution in [2.75, 3.05) is 11.6 Å². The molecule has 3 aromatic rings. The number of hydrogen-bond donors (Lipinski definition) is 1. The first-order chi connectivity index (χ1) is 15.9. The average molecular weight is 496 g/mol. The summed E-state index contributed by atoms with van der Waals surface area (Å²) < 4.78 is 75.0. The second kappa shape index (κ2) is 10.4. The Labute approximate surface area is 195 Å². The van der Waals surface area contributed by atoms with Gasteiger partial charge in [0.25, 0.3) is 0 Å². The molecular weight excluding hydrogens is 471 g/mol. The lowest BCUT2D eigenvalue weighted by molar-refractivity contribution is -0.140. The van der Waals surface area contributed by atoms with Gasteiger partial charge in [-0.3, -0.25) is 0 Å². The van der Waals surface area contributed by atoms with Crippen LogP contribution in [0.15, 0.2) is 65.7 Å². The van der Waals surface area contributed by atoms with Crippen LogP contribution in [-0.4, -0.2) is 36.8 Å². The lowest BCUT2D eigenvalue weighted by Gasteiger charge is -2.23. The first-order valence-corrected chi connectivity index (χ1v) is 12.2. The van der Waals surface area contributed by atoms with E-state index in [2.05, 4.69) is 15.3 Å². The molecule has 0 radical (unpaired) electrons. The number of benzene rings is 2. The second-order valence-corrected chi connectivity index (χ2v) is 9.67. The molecule has 0 spiro atoms. The van der Waals surface area contributed by atoms with Crippen LogP contribution in [0, 0.1) is 0 Å². The van der Waals surface area contributed by atoms with E-state index in [1.807, 2.05) is 30.3 Å². The van der Waals surface area contributed by atoms with E-state index in [0.29, 0.717) is 11.9 Å². The van der Waals surface area contributed by atoms with E-state index in [1.165, 1.54) is 24.3 Å². The molecule has 2 atom stereocenters. The zero-order valence-corrected chi connectivity index (χ0v) is 19.5. The Morgan fingerprint density at radius 3 is 2.24 bits per heavy atom. The fraction of sp³-hybridized carbons (Fsp3) is 0.304. The van der Waals surface area contributed by atoms with Crippen molar-refractivity contribution in [3.63, 3.8) is 0 Å². The SMILES string of the molecule is CC(OCc1ccccc1)C(C)Oc1nc(Nc2ccc(S(C)(=O)=O)cc2)ncc1C(F)(F)F. The third-order valence-electron chi connectivity index (χ3n) is 4.91. The average Bonchev–Trinajstić information content (AvgIpc) is 2.77. The Kier molecular flexibility index (Phi) is 7.78. The first kappa shape index (κ1) is 25.4. The first-order valence-electron chi connectivity index (χ1n) is 10.3. The summed E-state index contributed by atoms with van der Waals surface area (Å²) >= 11 is 0. The molecule has 1 heterocycles. The predicted molar refractivity (Wildman–Crippen MR) is 121 cm³/mol. The van der Waals surface area contributed by atoms with Gasteiger partial charge in [0.05, 0.1) is 17.6 Å². The molecule has 0 aliphatic rings. The molecule has 0 bridgehead atoms. The molecule has 2 aromatic carbocycles. The summed E-state index contributed by atoms with van der Waals surface area (Å²) in [6.45, 7) is 3.57. The van der Waals surface area contributed by atoms with E-state index < -0.39 is 39.7 Å². The van der Waals surface area contributed by atoms with Gasteiger partial charge >= 0.3 is 6.18 Å². The Bertz CT molecular complexity index is 1200. The maximum atomic E-state index is 13.5. The Balaban J connectivity index is 1.76. The van der Waals surface area contributed by atoms with Crippen LogP contribution in [0.1, 0.15) is 25.0 Å². The molecule has 0 amide bonds. The molecule has 1 N–H and O–H groups in total. The van der Waals surface area contributed by atoms with Gasteiger partial charge in [-0.2, -0.15) is 18.2 Å². The van der Waals surface area contributed by atoms with Crippen molar-refractivity contribution in [3.05, 3.63) is 71.9 Å². The molecule has 0 saturated carbocycles. The third kappa shape index (κ3) is 6.91. The fourth-order valence-corrected chi connectivity index (χ4v) is 3.47. The minimum Gasteiger partial charge on any atom is -0.471 e. The molecule has 2 unspecified atom stereocenters. The van der Waals surface area contributed by atoms with E-state index in [-0.39, 0.29) is 17.5 Å². The van der Waals surface area contributed by atoms with Crippen LogP contribution in [0.5, 0.6) is 5.88 Å². The minimum absolute atomic E-state index is 0.105. The van der Waals surface area contributed by atoms with Gasteiger partial charge in [-0.1, -0.05) is 30.3 Å². The number of halogens is 3.